The van der Waals surface area contributed by atoms with E-state index in [9.17, 15) is 35.9 Å². The molecule has 0 spiro atoms. The van der Waals surface area contributed by atoms with Gasteiger partial charge in [0.2, 0.25) is 6.41 Å². The molecule has 5 rings (SSSR count). The monoisotopic (exact) mass is 610 g/mol. The lowest BCUT2D eigenvalue weighted by molar-refractivity contribution is -0.274. The van der Waals surface area contributed by atoms with Crippen molar-refractivity contribution in [2.24, 2.45) is 0 Å². The number of carbonyl (C=O) groups is 2. The number of carbonyl (C=O) groups excluding carboxylic acids is 2. The zero-order valence-electron chi connectivity index (χ0n) is 22.3. The maximum absolute atomic E-state index is 13.3. The molecule has 0 atom stereocenters. The number of nitrogens with one attached hydrogen (secondary N) is 1. The van der Waals surface area contributed by atoms with Crippen molar-refractivity contribution in [3.63, 3.8) is 0 Å². The average molecular weight is 611 g/mol. The molecule has 6 nitrogen and oxygen atoms in total. The Morgan fingerprint density at radius 2 is 1.41 bits per heavy atom. The Morgan fingerprint density at radius 1 is 0.682 bits per heavy atom. The van der Waals surface area contributed by atoms with Crippen LogP contribution in [0.2, 0.25) is 0 Å². The van der Waals surface area contributed by atoms with Gasteiger partial charge in [-0.3, -0.25) is 14.5 Å². The summed E-state index contributed by atoms with van der Waals surface area (Å²) < 4.78 is 88.0. The summed E-state index contributed by atoms with van der Waals surface area (Å²) in [4.78, 5) is 26.5. The molecule has 0 radical (unpaired) electrons. The van der Waals surface area contributed by atoms with Crippen molar-refractivity contribution in [2.45, 2.75) is 12.5 Å². The SMILES string of the molecule is O=CN(c1cccc(OC(F)(F)F)c1)c1cc(Oc2ccc3ccccc3c2)cc(C(=O)Nc2cccc(C(F)(F)F)c2)c1. The van der Waals surface area contributed by atoms with Crippen LogP contribution in [0.1, 0.15) is 15.9 Å². The number of nitrogens with zero attached hydrogens (tertiary/aromatic N) is 1. The number of hydrogen-bond donors (Lipinski definition) is 1. The third-order valence-corrected chi connectivity index (χ3v) is 6.27. The van der Waals surface area contributed by atoms with E-state index in [-0.39, 0.29) is 28.4 Å². The summed E-state index contributed by atoms with van der Waals surface area (Å²) in [6, 6.07) is 25.2. The van der Waals surface area contributed by atoms with Gasteiger partial charge in [0.15, 0.2) is 0 Å². The Labute approximate surface area is 246 Å². The van der Waals surface area contributed by atoms with E-state index >= 15 is 0 Å². The highest BCUT2D eigenvalue weighted by Gasteiger charge is 2.32. The molecule has 0 aliphatic rings. The van der Waals surface area contributed by atoms with Gasteiger partial charge in [-0.05, 0) is 65.4 Å². The molecular weight excluding hydrogens is 590 g/mol. The number of hydrogen-bond acceptors (Lipinski definition) is 4. The lowest BCUT2D eigenvalue weighted by Crippen LogP contribution is -2.19. The van der Waals surface area contributed by atoms with Gasteiger partial charge < -0.3 is 14.8 Å². The predicted octanol–water partition coefficient (Wildman–Crippen LogP) is 9.10. The smallest absolute Gasteiger partial charge is 0.457 e. The van der Waals surface area contributed by atoms with Crippen molar-refractivity contribution in [1.82, 2.24) is 0 Å². The molecule has 5 aromatic carbocycles. The summed E-state index contributed by atoms with van der Waals surface area (Å²) in [5.41, 5.74) is -1.26. The first-order chi connectivity index (χ1) is 20.9. The molecule has 0 saturated heterocycles. The topological polar surface area (TPSA) is 67.9 Å². The number of rotatable bonds is 8. The van der Waals surface area contributed by atoms with Crippen LogP contribution in [0, 0.1) is 0 Å². The summed E-state index contributed by atoms with van der Waals surface area (Å²) >= 11 is 0. The minimum absolute atomic E-state index is 0.0108. The Bertz CT molecular complexity index is 1840. The Balaban J connectivity index is 1.54. The van der Waals surface area contributed by atoms with E-state index in [1.807, 2.05) is 24.3 Å². The zero-order chi connectivity index (χ0) is 31.5. The van der Waals surface area contributed by atoms with Crippen LogP contribution in [0.25, 0.3) is 10.8 Å². The van der Waals surface area contributed by atoms with Gasteiger partial charge in [0.05, 0.1) is 16.9 Å². The van der Waals surface area contributed by atoms with E-state index < -0.39 is 29.8 Å². The maximum Gasteiger partial charge on any atom is 0.573 e. The standard InChI is InChI=1S/C32H20F6N2O4/c33-31(34,35)23-7-3-8-24(16-23)39-30(42)22-13-26(40(19-41)25-9-4-10-28(17-25)44-32(36,37)38)18-29(15-22)43-27-12-11-20-5-1-2-6-21(20)14-27/h1-19H,(H,39,42). The van der Waals surface area contributed by atoms with Gasteiger partial charge in [-0.1, -0.05) is 42.5 Å². The number of alkyl halides is 6. The lowest BCUT2D eigenvalue weighted by atomic mass is 10.1. The van der Waals surface area contributed by atoms with Crippen molar-refractivity contribution in [1.29, 1.82) is 0 Å². The highest BCUT2D eigenvalue weighted by molar-refractivity contribution is 6.06. The minimum atomic E-state index is -4.98. The first-order valence-corrected chi connectivity index (χ1v) is 12.8. The number of benzene rings is 5. The Morgan fingerprint density at radius 3 is 2.14 bits per heavy atom. The summed E-state index contributed by atoms with van der Waals surface area (Å²) in [6.07, 6.45) is -9.31. The molecule has 0 aliphatic heterocycles. The second-order valence-corrected chi connectivity index (χ2v) is 9.38. The average Bonchev–Trinajstić information content (AvgIpc) is 2.96. The quantitative estimate of drug-likeness (QED) is 0.141. The number of halogens is 6. The van der Waals surface area contributed by atoms with Crippen LogP contribution in [-0.2, 0) is 11.0 Å². The zero-order valence-corrected chi connectivity index (χ0v) is 22.3. The van der Waals surface area contributed by atoms with Crippen molar-refractivity contribution in [2.75, 3.05) is 10.2 Å². The van der Waals surface area contributed by atoms with Gasteiger partial charge in [0.25, 0.3) is 5.91 Å². The maximum atomic E-state index is 13.3. The van der Waals surface area contributed by atoms with E-state index in [1.54, 1.807) is 18.2 Å². The van der Waals surface area contributed by atoms with Crippen molar-refractivity contribution >= 4 is 40.2 Å². The van der Waals surface area contributed by atoms with Gasteiger partial charge in [-0.25, -0.2) is 0 Å². The Kier molecular flexibility index (Phi) is 8.17. The molecule has 1 N–H and O–H groups in total. The molecule has 44 heavy (non-hydrogen) atoms. The van der Waals surface area contributed by atoms with Gasteiger partial charge in [-0.15, -0.1) is 13.2 Å². The number of fused-ring (bicyclic) bond motifs is 1. The third kappa shape index (κ3) is 7.27. The first kappa shape index (κ1) is 30.0. The largest absolute Gasteiger partial charge is 0.573 e. The fraction of sp³-hybridized carbons (Fsp3) is 0.0625. The van der Waals surface area contributed by atoms with Crippen molar-refractivity contribution in [3.8, 4) is 17.2 Å². The molecule has 0 saturated carbocycles. The van der Waals surface area contributed by atoms with E-state index in [1.165, 1.54) is 36.4 Å². The molecule has 5 aromatic rings. The van der Waals surface area contributed by atoms with Gasteiger partial charge in [0, 0.05) is 23.4 Å². The first-order valence-electron chi connectivity index (χ1n) is 12.8. The molecule has 0 heterocycles. The molecular formula is C32H20F6N2O4. The van der Waals surface area contributed by atoms with Crippen LogP contribution in [0.5, 0.6) is 17.2 Å². The van der Waals surface area contributed by atoms with Crippen LogP contribution < -0.4 is 19.7 Å². The van der Waals surface area contributed by atoms with Crippen LogP contribution in [0.3, 0.4) is 0 Å². The second kappa shape index (κ2) is 12.0. The normalized spacial score (nSPS) is 11.6. The van der Waals surface area contributed by atoms with Crippen LogP contribution in [0.4, 0.5) is 43.4 Å². The molecule has 12 heteroatoms. The molecule has 224 valence electrons. The van der Waals surface area contributed by atoms with Gasteiger partial charge >= 0.3 is 12.5 Å². The molecule has 0 bridgehead atoms. The highest BCUT2D eigenvalue weighted by atomic mass is 19.4. The fourth-order valence-electron chi connectivity index (χ4n) is 4.36. The minimum Gasteiger partial charge on any atom is -0.457 e. The summed E-state index contributed by atoms with van der Waals surface area (Å²) in [5, 5.41) is 4.18. The number of ether oxygens (including phenoxy) is 2. The highest BCUT2D eigenvalue weighted by Crippen LogP contribution is 2.35. The van der Waals surface area contributed by atoms with Gasteiger partial charge in [0.1, 0.15) is 17.2 Å². The third-order valence-electron chi connectivity index (χ3n) is 6.27. The number of amides is 2. The van der Waals surface area contributed by atoms with Crippen LogP contribution >= 0.6 is 0 Å². The van der Waals surface area contributed by atoms with E-state index in [0.717, 1.165) is 46.0 Å². The van der Waals surface area contributed by atoms with Crippen molar-refractivity contribution < 1.29 is 45.4 Å². The summed E-state index contributed by atoms with van der Waals surface area (Å²) in [5.74, 6) is -1.01. The molecule has 2 amide bonds. The second-order valence-electron chi connectivity index (χ2n) is 9.38. The molecule has 0 aromatic heterocycles. The van der Waals surface area contributed by atoms with Crippen molar-refractivity contribution in [3.05, 3.63) is 120 Å². The summed E-state index contributed by atoms with van der Waals surface area (Å²) in [7, 11) is 0. The van der Waals surface area contributed by atoms with Gasteiger partial charge in [-0.2, -0.15) is 13.2 Å². The summed E-state index contributed by atoms with van der Waals surface area (Å²) in [6.45, 7) is 0. The Hall–Kier alpha value is -5.52. The fourth-order valence-corrected chi connectivity index (χ4v) is 4.36. The van der Waals surface area contributed by atoms with E-state index in [0.29, 0.717) is 12.2 Å². The predicted molar refractivity (Wildman–Crippen MR) is 151 cm³/mol. The van der Waals surface area contributed by atoms with Crippen LogP contribution in [0.15, 0.2) is 109 Å². The molecule has 0 fully saturated rings. The van der Waals surface area contributed by atoms with E-state index in [4.69, 9.17) is 4.74 Å². The molecule has 0 unspecified atom stereocenters. The van der Waals surface area contributed by atoms with E-state index in [2.05, 4.69) is 10.1 Å². The molecule has 0 aliphatic carbocycles. The lowest BCUT2D eigenvalue weighted by Gasteiger charge is -2.21. The van der Waals surface area contributed by atoms with Crippen LogP contribution in [-0.4, -0.2) is 18.7 Å². The number of anilines is 3.